The summed E-state index contributed by atoms with van der Waals surface area (Å²) in [4.78, 5) is 0. The molecule has 0 amide bonds. The minimum Gasteiger partial charge on any atom is -0.492 e. The number of benzene rings is 1. The second-order valence-corrected chi connectivity index (χ2v) is 7.85. The smallest absolute Gasteiger partial charge is 0.250 e. The molecule has 0 aliphatic carbocycles. The number of nitrogens with one attached hydrogen (secondary N) is 1. The van der Waals surface area contributed by atoms with Gasteiger partial charge in [0.25, 0.3) is 0 Å². The SMILES string of the molecule is CC(C)c1cccc(OCCNS(=O)(=O)c2cccs2)c1. The first-order valence-corrected chi connectivity index (χ1v) is 9.11. The number of hydrogen-bond donors (Lipinski definition) is 1. The van der Waals surface area contributed by atoms with Crippen LogP contribution in [-0.4, -0.2) is 21.6 Å². The summed E-state index contributed by atoms with van der Waals surface area (Å²) < 4.78 is 32.2. The fourth-order valence-corrected chi connectivity index (χ4v) is 3.85. The van der Waals surface area contributed by atoms with E-state index in [1.165, 1.54) is 16.9 Å². The fraction of sp³-hybridized carbons (Fsp3) is 0.333. The van der Waals surface area contributed by atoms with Gasteiger partial charge >= 0.3 is 0 Å². The van der Waals surface area contributed by atoms with E-state index in [4.69, 9.17) is 4.74 Å². The van der Waals surface area contributed by atoms with E-state index in [2.05, 4.69) is 24.6 Å². The van der Waals surface area contributed by atoms with Gasteiger partial charge in [0.15, 0.2) is 0 Å². The van der Waals surface area contributed by atoms with Gasteiger partial charge in [0, 0.05) is 6.54 Å². The predicted octanol–water partition coefficient (Wildman–Crippen LogP) is 3.23. The third kappa shape index (κ3) is 4.56. The number of ether oxygens (including phenoxy) is 1. The Morgan fingerprint density at radius 1 is 1.24 bits per heavy atom. The molecule has 2 aromatic rings. The standard InChI is InChI=1S/C15H19NO3S2/c1-12(2)13-5-3-6-14(11-13)19-9-8-16-21(17,18)15-7-4-10-20-15/h3-7,10-12,16H,8-9H2,1-2H3. The lowest BCUT2D eigenvalue weighted by molar-refractivity contribution is 0.322. The Morgan fingerprint density at radius 2 is 2.05 bits per heavy atom. The monoisotopic (exact) mass is 325 g/mol. The van der Waals surface area contributed by atoms with Crippen molar-refractivity contribution in [2.24, 2.45) is 0 Å². The van der Waals surface area contributed by atoms with Crippen molar-refractivity contribution in [1.29, 1.82) is 0 Å². The van der Waals surface area contributed by atoms with Crippen molar-refractivity contribution in [2.45, 2.75) is 24.0 Å². The molecule has 1 heterocycles. The molecule has 0 fully saturated rings. The van der Waals surface area contributed by atoms with E-state index < -0.39 is 10.0 Å². The van der Waals surface area contributed by atoms with Crippen molar-refractivity contribution < 1.29 is 13.2 Å². The van der Waals surface area contributed by atoms with Crippen LogP contribution in [0.2, 0.25) is 0 Å². The minimum atomic E-state index is -3.40. The highest BCUT2D eigenvalue weighted by Gasteiger charge is 2.13. The van der Waals surface area contributed by atoms with Gasteiger partial charge in [-0.2, -0.15) is 0 Å². The molecule has 21 heavy (non-hydrogen) atoms. The molecule has 0 spiro atoms. The molecule has 0 radical (unpaired) electrons. The van der Waals surface area contributed by atoms with Crippen LogP contribution in [0, 0.1) is 0 Å². The highest BCUT2D eigenvalue weighted by atomic mass is 32.2. The first kappa shape index (κ1) is 16.0. The van der Waals surface area contributed by atoms with Gasteiger partial charge in [0.05, 0.1) is 0 Å². The van der Waals surface area contributed by atoms with Crippen molar-refractivity contribution in [2.75, 3.05) is 13.2 Å². The van der Waals surface area contributed by atoms with Crippen LogP contribution in [0.1, 0.15) is 25.3 Å². The van der Waals surface area contributed by atoms with E-state index in [1.807, 2.05) is 18.2 Å². The van der Waals surface area contributed by atoms with Crippen LogP contribution in [0.4, 0.5) is 0 Å². The Bertz CT molecular complexity index is 664. The van der Waals surface area contributed by atoms with E-state index in [1.54, 1.807) is 17.5 Å². The van der Waals surface area contributed by atoms with Crippen LogP contribution in [-0.2, 0) is 10.0 Å². The lowest BCUT2D eigenvalue weighted by Crippen LogP contribution is -2.27. The molecular weight excluding hydrogens is 306 g/mol. The highest BCUT2D eigenvalue weighted by molar-refractivity contribution is 7.91. The van der Waals surface area contributed by atoms with Crippen molar-refractivity contribution >= 4 is 21.4 Å². The molecule has 0 atom stereocenters. The van der Waals surface area contributed by atoms with Gasteiger partial charge in [-0.25, -0.2) is 13.1 Å². The zero-order valence-corrected chi connectivity index (χ0v) is 13.7. The summed E-state index contributed by atoms with van der Waals surface area (Å²) in [5.41, 5.74) is 1.20. The third-order valence-corrected chi connectivity index (χ3v) is 5.81. The summed E-state index contributed by atoms with van der Waals surface area (Å²) in [6.45, 7) is 4.78. The molecule has 114 valence electrons. The number of hydrogen-bond acceptors (Lipinski definition) is 4. The molecule has 4 nitrogen and oxygen atoms in total. The third-order valence-electron chi connectivity index (χ3n) is 2.95. The van der Waals surface area contributed by atoms with Crippen LogP contribution in [0.15, 0.2) is 46.0 Å². The fourth-order valence-electron chi connectivity index (χ4n) is 1.80. The van der Waals surface area contributed by atoms with Gasteiger partial charge in [-0.05, 0) is 35.1 Å². The van der Waals surface area contributed by atoms with Gasteiger partial charge in [0.1, 0.15) is 16.6 Å². The molecule has 0 aliphatic rings. The Balaban J connectivity index is 1.84. The Kier molecular flexibility index (Phi) is 5.39. The van der Waals surface area contributed by atoms with E-state index >= 15 is 0 Å². The second-order valence-electron chi connectivity index (χ2n) is 4.91. The van der Waals surface area contributed by atoms with Crippen LogP contribution >= 0.6 is 11.3 Å². The van der Waals surface area contributed by atoms with Gasteiger partial charge in [-0.1, -0.05) is 32.0 Å². The quantitative estimate of drug-likeness (QED) is 0.795. The summed E-state index contributed by atoms with van der Waals surface area (Å²) in [6, 6.07) is 11.2. The van der Waals surface area contributed by atoms with Crippen LogP contribution in [0.5, 0.6) is 5.75 Å². The number of thiophene rings is 1. The first-order chi connectivity index (χ1) is 9.99. The average Bonchev–Trinajstić information content (AvgIpc) is 2.99. The average molecular weight is 325 g/mol. The Labute approximate surface area is 129 Å². The summed E-state index contributed by atoms with van der Waals surface area (Å²) in [7, 11) is -3.40. The molecule has 0 saturated heterocycles. The second kappa shape index (κ2) is 7.06. The molecule has 0 saturated carbocycles. The Morgan fingerprint density at radius 3 is 2.71 bits per heavy atom. The van der Waals surface area contributed by atoms with Crippen molar-refractivity contribution in [3.05, 3.63) is 47.3 Å². The molecule has 6 heteroatoms. The predicted molar refractivity (Wildman–Crippen MR) is 85.5 cm³/mol. The molecule has 0 aliphatic heterocycles. The zero-order chi connectivity index (χ0) is 15.3. The number of rotatable bonds is 7. The van der Waals surface area contributed by atoms with Crippen LogP contribution < -0.4 is 9.46 Å². The maximum absolute atomic E-state index is 11.9. The van der Waals surface area contributed by atoms with Crippen molar-refractivity contribution in [3.8, 4) is 5.75 Å². The normalized spacial score (nSPS) is 11.8. The van der Waals surface area contributed by atoms with Gasteiger partial charge in [-0.15, -0.1) is 11.3 Å². The molecule has 2 rings (SSSR count). The zero-order valence-electron chi connectivity index (χ0n) is 12.1. The highest BCUT2D eigenvalue weighted by Crippen LogP contribution is 2.20. The molecule has 0 unspecified atom stereocenters. The maximum Gasteiger partial charge on any atom is 0.250 e. The molecular formula is C15H19NO3S2. The molecule has 1 aromatic heterocycles. The summed E-state index contributed by atoms with van der Waals surface area (Å²) in [5, 5.41) is 1.74. The van der Waals surface area contributed by atoms with E-state index in [9.17, 15) is 8.42 Å². The minimum absolute atomic E-state index is 0.242. The van der Waals surface area contributed by atoms with Gasteiger partial charge in [0.2, 0.25) is 10.0 Å². The van der Waals surface area contributed by atoms with Crippen LogP contribution in [0.3, 0.4) is 0 Å². The van der Waals surface area contributed by atoms with Crippen molar-refractivity contribution in [1.82, 2.24) is 4.72 Å². The first-order valence-electron chi connectivity index (χ1n) is 6.75. The van der Waals surface area contributed by atoms with E-state index in [0.29, 0.717) is 16.7 Å². The molecule has 1 N–H and O–H groups in total. The molecule has 1 aromatic carbocycles. The summed E-state index contributed by atoms with van der Waals surface area (Å²) in [5.74, 6) is 1.20. The van der Waals surface area contributed by atoms with Crippen molar-refractivity contribution in [3.63, 3.8) is 0 Å². The molecule has 0 bridgehead atoms. The lowest BCUT2D eigenvalue weighted by atomic mass is 10.0. The Hall–Kier alpha value is -1.37. The van der Waals surface area contributed by atoms with Gasteiger partial charge < -0.3 is 4.74 Å². The summed E-state index contributed by atoms with van der Waals surface area (Å²) in [6.07, 6.45) is 0. The largest absolute Gasteiger partial charge is 0.492 e. The topological polar surface area (TPSA) is 55.4 Å². The van der Waals surface area contributed by atoms with Crippen LogP contribution in [0.25, 0.3) is 0 Å². The summed E-state index contributed by atoms with van der Waals surface area (Å²) >= 11 is 1.20. The lowest BCUT2D eigenvalue weighted by Gasteiger charge is -2.10. The van der Waals surface area contributed by atoms with E-state index in [-0.39, 0.29) is 6.54 Å². The van der Waals surface area contributed by atoms with E-state index in [0.717, 1.165) is 5.75 Å². The van der Waals surface area contributed by atoms with Gasteiger partial charge in [-0.3, -0.25) is 0 Å². The maximum atomic E-state index is 11.9. The number of sulfonamides is 1.